The van der Waals surface area contributed by atoms with Crippen molar-refractivity contribution in [1.29, 1.82) is 0 Å². The van der Waals surface area contributed by atoms with Gasteiger partial charge in [-0.3, -0.25) is 4.68 Å². The Morgan fingerprint density at radius 3 is 2.52 bits per heavy atom. The van der Waals surface area contributed by atoms with Gasteiger partial charge in [0.15, 0.2) is 0 Å². The van der Waals surface area contributed by atoms with E-state index in [-0.39, 0.29) is 0 Å². The first-order chi connectivity index (χ1) is 10.3. The lowest BCUT2D eigenvalue weighted by atomic mass is 10.2. The lowest BCUT2D eigenvalue weighted by Crippen LogP contribution is -2.12. The van der Waals surface area contributed by atoms with Gasteiger partial charge in [-0.1, -0.05) is 26.0 Å². The summed E-state index contributed by atoms with van der Waals surface area (Å²) in [6.45, 7) is 6.61. The molecule has 0 aliphatic heterocycles. The van der Waals surface area contributed by atoms with Crippen molar-refractivity contribution in [2.45, 2.75) is 39.8 Å². The van der Waals surface area contributed by atoms with Gasteiger partial charge >= 0.3 is 0 Å². The van der Waals surface area contributed by atoms with Gasteiger partial charge in [-0.2, -0.15) is 5.10 Å². The number of aromatic nitrogens is 2. The van der Waals surface area contributed by atoms with Gasteiger partial charge in [-0.15, -0.1) is 0 Å². The summed E-state index contributed by atoms with van der Waals surface area (Å²) in [5.41, 5.74) is 3.70. The van der Waals surface area contributed by atoms with Crippen molar-refractivity contribution in [2.24, 2.45) is 0 Å². The van der Waals surface area contributed by atoms with Crippen LogP contribution in [0.4, 0.5) is 0 Å². The largest absolute Gasteiger partial charge is 0.492 e. The van der Waals surface area contributed by atoms with Gasteiger partial charge in [0.2, 0.25) is 0 Å². The van der Waals surface area contributed by atoms with E-state index in [4.69, 9.17) is 4.74 Å². The van der Waals surface area contributed by atoms with Crippen LogP contribution in [0, 0.1) is 0 Å². The Hall–Kier alpha value is -1.81. The lowest BCUT2D eigenvalue weighted by Gasteiger charge is -2.09. The molecule has 0 aliphatic carbocycles. The molecule has 4 nitrogen and oxygen atoms in total. The summed E-state index contributed by atoms with van der Waals surface area (Å²) < 4.78 is 7.87. The molecule has 0 bridgehead atoms. The third-order valence-corrected chi connectivity index (χ3v) is 3.51. The van der Waals surface area contributed by atoms with E-state index in [0.717, 1.165) is 37.4 Å². The quantitative estimate of drug-likeness (QED) is 0.811. The molecule has 0 unspecified atom stereocenters. The minimum absolute atomic E-state index is 0.642. The predicted molar refractivity (Wildman–Crippen MR) is 85.7 cm³/mol. The maximum absolute atomic E-state index is 5.80. The highest BCUT2D eigenvalue weighted by atomic mass is 16.5. The van der Waals surface area contributed by atoms with Crippen molar-refractivity contribution >= 4 is 0 Å². The normalized spacial score (nSPS) is 10.8. The number of nitrogens with zero attached hydrogens (tertiary/aromatic N) is 2. The second-order valence-corrected chi connectivity index (χ2v) is 5.08. The van der Waals surface area contributed by atoms with E-state index in [0.29, 0.717) is 6.61 Å². The monoisotopic (exact) mass is 287 g/mol. The minimum Gasteiger partial charge on any atom is -0.492 e. The smallest absolute Gasteiger partial charge is 0.119 e. The van der Waals surface area contributed by atoms with E-state index < -0.39 is 0 Å². The topological polar surface area (TPSA) is 39.1 Å². The fourth-order valence-corrected chi connectivity index (χ4v) is 2.32. The van der Waals surface area contributed by atoms with Crippen molar-refractivity contribution < 1.29 is 4.74 Å². The molecule has 1 aromatic carbocycles. The molecule has 1 heterocycles. The average molecular weight is 287 g/mol. The van der Waals surface area contributed by atoms with Crippen molar-refractivity contribution in [1.82, 2.24) is 15.1 Å². The molecule has 1 N–H and O–H groups in total. The summed E-state index contributed by atoms with van der Waals surface area (Å²) >= 11 is 0. The van der Waals surface area contributed by atoms with E-state index in [9.17, 15) is 0 Å². The van der Waals surface area contributed by atoms with E-state index >= 15 is 0 Å². The molecular formula is C17H25N3O. The van der Waals surface area contributed by atoms with E-state index in [1.165, 1.54) is 11.3 Å². The molecule has 1 aromatic heterocycles. The second-order valence-electron chi connectivity index (χ2n) is 5.08. The highest BCUT2D eigenvalue weighted by molar-refractivity contribution is 5.27. The minimum atomic E-state index is 0.642. The van der Waals surface area contributed by atoms with Gasteiger partial charge in [0.05, 0.1) is 12.2 Å². The highest BCUT2D eigenvalue weighted by Crippen LogP contribution is 2.12. The van der Waals surface area contributed by atoms with Crippen LogP contribution in [0.5, 0.6) is 5.75 Å². The van der Waals surface area contributed by atoms with Crippen LogP contribution < -0.4 is 10.1 Å². The summed E-state index contributed by atoms with van der Waals surface area (Å²) in [6.07, 6.45) is 1.99. The fraction of sp³-hybridized carbons (Fsp3) is 0.471. The number of nitrogens with one attached hydrogen (secondary N) is 1. The molecule has 0 spiro atoms. The van der Waals surface area contributed by atoms with Gasteiger partial charge in [-0.05, 0) is 43.7 Å². The Labute approximate surface area is 127 Å². The molecule has 114 valence electrons. The second kappa shape index (κ2) is 7.84. The number of rotatable bonds is 8. The van der Waals surface area contributed by atoms with Crippen LogP contribution in [0.25, 0.3) is 0 Å². The summed E-state index contributed by atoms with van der Waals surface area (Å²) in [5, 5.41) is 7.73. The number of hydrogen-bond donors (Lipinski definition) is 1. The number of hydrogen-bond acceptors (Lipinski definition) is 3. The van der Waals surface area contributed by atoms with Crippen molar-refractivity contribution in [2.75, 3.05) is 13.7 Å². The summed E-state index contributed by atoms with van der Waals surface area (Å²) in [6, 6.07) is 10.4. The molecule has 0 saturated heterocycles. The van der Waals surface area contributed by atoms with Crippen molar-refractivity contribution in [3.63, 3.8) is 0 Å². The van der Waals surface area contributed by atoms with Crippen LogP contribution in [0.1, 0.15) is 30.8 Å². The van der Waals surface area contributed by atoms with Crippen LogP contribution in [-0.4, -0.2) is 23.4 Å². The van der Waals surface area contributed by atoms with Crippen LogP contribution in [-0.2, 0) is 25.9 Å². The van der Waals surface area contributed by atoms with Gasteiger partial charge < -0.3 is 10.1 Å². The first-order valence-electron chi connectivity index (χ1n) is 7.68. The molecule has 0 fully saturated rings. The Kier molecular flexibility index (Phi) is 5.81. The van der Waals surface area contributed by atoms with Crippen LogP contribution >= 0.6 is 0 Å². The Bertz CT molecular complexity index is 546. The average Bonchev–Trinajstić information content (AvgIpc) is 2.92. The number of ether oxygens (including phenoxy) is 1. The van der Waals surface area contributed by atoms with Crippen molar-refractivity contribution in [3.8, 4) is 5.75 Å². The van der Waals surface area contributed by atoms with E-state index in [2.05, 4.69) is 47.1 Å². The molecule has 0 saturated carbocycles. The SMILES string of the molecule is CCc1cc(CC)n(CCOc2ccc(CNC)cc2)n1. The van der Waals surface area contributed by atoms with Gasteiger partial charge in [0.25, 0.3) is 0 Å². The van der Waals surface area contributed by atoms with E-state index in [1.54, 1.807) is 0 Å². The fourth-order valence-electron chi connectivity index (χ4n) is 2.32. The molecular weight excluding hydrogens is 262 g/mol. The standard InChI is InChI=1S/C17H25N3O/c1-4-15-12-16(5-2)20(19-15)10-11-21-17-8-6-14(7-9-17)13-18-3/h6-9,12,18H,4-5,10-11,13H2,1-3H3. The van der Waals surface area contributed by atoms with Gasteiger partial charge in [-0.25, -0.2) is 0 Å². The number of benzene rings is 1. The van der Waals surface area contributed by atoms with Crippen LogP contribution in [0.3, 0.4) is 0 Å². The van der Waals surface area contributed by atoms with Gasteiger partial charge in [0, 0.05) is 12.2 Å². The summed E-state index contributed by atoms with van der Waals surface area (Å²) in [4.78, 5) is 0. The Morgan fingerprint density at radius 1 is 1.14 bits per heavy atom. The molecule has 2 rings (SSSR count). The predicted octanol–water partition coefficient (Wildman–Crippen LogP) is 2.81. The lowest BCUT2D eigenvalue weighted by molar-refractivity contribution is 0.289. The zero-order valence-corrected chi connectivity index (χ0v) is 13.2. The zero-order valence-electron chi connectivity index (χ0n) is 13.2. The maximum Gasteiger partial charge on any atom is 0.119 e. The highest BCUT2D eigenvalue weighted by Gasteiger charge is 2.05. The summed E-state index contributed by atoms with van der Waals surface area (Å²) in [7, 11) is 1.95. The Balaban J connectivity index is 1.87. The van der Waals surface area contributed by atoms with E-state index in [1.807, 2.05) is 19.2 Å². The first-order valence-corrected chi connectivity index (χ1v) is 7.68. The van der Waals surface area contributed by atoms with Crippen molar-refractivity contribution in [3.05, 3.63) is 47.3 Å². The molecule has 21 heavy (non-hydrogen) atoms. The molecule has 0 amide bonds. The molecule has 2 aromatic rings. The third-order valence-electron chi connectivity index (χ3n) is 3.51. The maximum atomic E-state index is 5.80. The molecule has 0 aliphatic rings. The third kappa shape index (κ3) is 4.33. The summed E-state index contributed by atoms with van der Waals surface area (Å²) in [5.74, 6) is 0.913. The molecule has 0 atom stereocenters. The van der Waals surface area contributed by atoms with Crippen LogP contribution in [0.2, 0.25) is 0 Å². The molecule has 0 radical (unpaired) electrons. The number of aryl methyl sites for hydroxylation is 2. The first kappa shape index (κ1) is 15.6. The molecule has 4 heteroatoms. The Morgan fingerprint density at radius 2 is 1.90 bits per heavy atom. The zero-order chi connectivity index (χ0) is 15.1. The van der Waals surface area contributed by atoms with Crippen LogP contribution in [0.15, 0.2) is 30.3 Å². The van der Waals surface area contributed by atoms with Gasteiger partial charge in [0.1, 0.15) is 12.4 Å².